The summed E-state index contributed by atoms with van der Waals surface area (Å²) in [5, 5.41) is 10.8. The highest BCUT2D eigenvalue weighted by atomic mass is 16.5. The van der Waals surface area contributed by atoms with Gasteiger partial charge in [-0.1, -0.05) is 32.0 Å². The van der Waals surface area contributed by atoms with Crippen LogP contribution in [0.3, 0.4) is 0 Å². The highest BCUT2D eigenvalue weighted by Gasteiger charge is 2.22. The molecular formula is C17H30N6O. The van der Waals surface area contributed by atoms with Crippen molar-refractivity contribution in [2.45, 2.75) is 51.6 Å². The molecule has 2 N–H and O–H groups in total. The molecule has 2 heterocycles. The quantitative estimate of drug-likeness (QED) is 0.485. The summed E-state index contributed by atoms with van der Waals surface area (Å²) >= 11 is 0. The number of likely N-dealkylation sites (tertiary alicyclic amines) is 1. The molecule has 0 bridgehead atoms. The number of rotatable bonds is 5. The van der Waals surface area contributed by atoms with Crippen LogP contribution in [0.2, 0.25) is 0 Å². The van der Waals surface area contributed by atoms with Crippen molar-refractivity contribution in [3.8, 4) is 0 Å². The van der Waals surface area contributed by atoms with Crippen molar-refractivity contribution in [2.24, 2.45) is 4.99 Å². The maximum atomic E-state index is 5.30. The van der Waals surface area contributed by atoms with E-state index in [9.17, 15) is 0 Å². The van der Waals surface area contributed by atoms with Gasteiger partial charge in [0.15, 0.2) is 11.8 Å². The Balaban J connectivity index is 1.79. The zero-order valence-electron chi connectivity index (χ0n) is 15.3. The van der Waals surface area contributed by atoms with Crippen molar-refractivity contribution in [3.05, 3.63) is 24.4 Å². The van der Waals surface area contributed by atoms with Crippen molar-refractivity contribution < 1.29 is 4.52 Å². The molecule has 0 aliphatic carbocycles. The zero-order valence-corrected chi connectivity index (χ0v) is 15.3. The summed E-state index contributed by atoms with van der Waals surface area (Å²) in [6.45, 7) is 13.6. The minimum Gasteiger partial charge on any atom is -0.354 e. The van der Waals surface area contributed by atoms with Gasteiger partial charge >= 0.3 is 0 Å². The normalized spacial score (nSPS) is 17.8. The fraction of sp³-hybridized carbons (Fsp3) is 0.706. The van der Waals surface area contributed by atoms with Crippen molar-refractivity contribution in [2.75, 3.05) is 26.7 Å². The first-order valence-corrected chi connectivity index (χ1v) is 8.56. The minimum absolute atomic E-state index is 0.134. The molecule has 7 nitrogen and oxygen atoms in total. The van der Waals surface area contributed by atoms with E-state index in [0.29, 0.717) is 24.3 Å². The first kappa shape index (κ1) is 18.4. The second-order valence-corrected chi connectivity index (χ2v) is 7.20. The molecule has 2 rings (SSSR count). The maximum Gasteiger partial charge on any atom is 0.232 e. The van der Waals surface area contributed by atoms with Crippen LogP contribution in [-0.2, 0) is 12.0 Å². The number of nitrogens with one attached hydrogen (secondary N) is 2. The Labute approximate surface area is 144 Å². The van der Waals surface area contributed by atoms with Gasteiger partial charge < -0.3 is 15.2 Å². The van der Waals surface area contributed by atoms with Crippen molar-refractivity contribution in [3.63, 3.8) is 0 Å². The van der Waals surface area contributed by atoms with E-state index < -0.39 is 0 Å². The van der Waals surface area contributed by atoms with Crippen LogP contribution in [0.25, 0.3) is 0 Å². The van der Waals surface area contributed by atoms with Gasteiger partial charge in [0.2, 0.25) is 5.89 Å². The van der Waals surface area contributed by atoms with Gasteiger partial charge in [-0.3, -0.25) is 9.89 Å². The van der Waals surface area contributed by atoms with E-state index in [4.69, 9.17) is 4.52 Å². The first-order valence-electron chi connectivity index (χ1n) is 8.56. The number of guanidine groups is 1. The first-order chi connectivity index (χ1) is 11.4. The molecule has 1 saturated heterocycles. The molecule has 1 aromatic rings. The monoisotopic (exact) mass is 334 g/mol. The van der Waals surface area contributed by atoms with E-state index in [0.717, 1.165) is 38.4 Å². The van der Waals surface area contributed by atoms with E-state index in [1.165, 1.54) is 0 Å². The van der Waals surface area contributed by atoms with Crippen molar-refractivity contribution in [1.29, 1.82) is 0 Å². The standard InChI is InChI=1S/C17H30N6O/c1-6-9-23-10-7-13(8-11-23)20-16(18-5)19-12-14-21-15(24-22-14)17(2,3)4/h6,13H,1,7-12H2,2-5H3,(H2,18,19,20). The van der Waals surface area contributed by atoms with Crippen LogP contribution in [0.15, 0.2) is 22.2 Å². The van der Waals surface area contributed by atoms with Crippen LogP contribution in [0, 0.1) is 0 Å². The van der Waals surface area contributed by atoms with Gasteiger partial charge in [0, 0.05) is 38.1 Å². The van der Waals surface area contributed by atoms with E-state index >= 15 is 0 Å². The van der Waals surface area contributed by atoms with Crippen LogP contribution >= 0.6 is 0 Å². The molecule has 0 radical (unpaired) electrons. The lowest BCUT2D eigenvalue weighted by Crippen LogP contribution is -2.48. The summed E-state index contributed by atoms with van der Waals surface area (Å²) in [5.41, 5.74) is -0.134. The molecule has 1 aliphatic heterocycles. The van der Waals surface area contributed by atoms with Crippen molar-refractivity contribution in [1.82, 2.24) is 25.7 Å². The SMILES string of the molecule is C=CCN1CCC(NC(=NC)NCc2noc(C(C)(C)C)n2)CC1. The average Bonchev–Trinajstić information content (AvgIpc) is 3.02. The van der Waals surface area contributed by atoms with E-state index in [1.807, 2.05) is 6.08 Å². The molecule has 0 saturated carbocycles. The average molecular weight is 334 g/mol. The van der Waals surface area contributed by atoms with Crippen LogP contribution in [-0.4, -0.2) is 53.7 Å². The highest BCUT2D eigenvalue weighted by Crippen LogP contribution is 2.19. The number of aliphatic imine (C=N–C) groups is 1. The lowest BCUT2D eigenvalue weighted by atomic mass is 9.97. The van der Waals surface area contributed by atoms with Crippen LogP contribution in [0.4, 0.5) is 0 Å². The number of nitrogens with zero attached hydrogens (tertiary/aromatic N) is 4. The summed E-state index contributed by atoms with van der Waals surface area (Å²) in [6.07, 6.45) is 4.17. The Bertz CT molecular complexity index is 552. The molecule has 0 amide bonds. The molecule has 134 valence electrons. The molecule has 1 aliphatic rings. The molecule has 0 spiro atoms. The number of hydrogen-bond donors (Lipinski definition) is 2. The predicted octanol–water partition coefficient (Wildman–Crippen LogP) is 1.68. The van der Waals surface area contributed by atoms with Gasteiger partial charge in [0.1, 0.15) is 0 Å². The molecular weight excluding hydrogens is 304 g/mol. The second-order valence-electron chi connectivity index (χ2n) is 7.20. The fourth-order valence-electron chi connectivity index (χ4n) is 2.62. The van der Waals surface area contributed by atoms with Gasteiger partial charge in [-0.15, -0.1) is 6.58 Å². The van der Waals surface area contributed by atoms with Gasteiger partial charge in [-0.05, 0) is 12.8 Å². The Morgan fingerprint density at radius 2 is 2.12 bits per heavy atom. The molecule has 1 aromatic heterocycles. The second kappa shape index (κ2) is 8.28. The zero-order chi connectivity index (χ0) is 17.6. The Morgan fingerprint density at radius 3 is 2.67 bits per heavy atom. The van der Waals surface area contributed by atoms with Gasteiger partial charge in [0.25, 0.3) is 0 Å². The predicted molar refractivity (Wildman–Crippen MR) is 96.0 cm³/mol. The van der Waals surface area contributed by atoms with Gasteiger partial charge in [-0.25, -0.2) is 0 Å². The topological polar surface area (TPSA) is 78.6 Å². The summed E-state index contributed by atoms with van der Waals surface area (Å²) in [6, 6.07) is 0.438. The molecule has 7 heteroatoms. The lowest BCUT2D eigenvalue weighted by Gasteiger charge is -2.32. The Hall–Kier alpha value is -1.89. The number of piperidine rings is 1. The Kier molecular flexibility index (Phi) is 6.36. The summed E-state index contributed by atoms with van der Waals surface area (Å²) in [5.74, 6) is 2.07. The van der Waals surface area contributed by atoms with Gasteiger partial charge in [-0.2, -0.15) is 4.98 Å². The smallest absolute Gasteiger partial charge is 0.232 e. The molecule has 24 heavy (non-hydrogen) atoms. The van der Waals surface area contributed by atoms with Crippen LogP contribution in [0.5, 0.6) is 0 Å². The summed E-state index contributed by atoms with van der Waals surface area (Å²) < 4.78 is 5.30. The molecule has 0 atom stereocenters. The molecule has 0 aromatic carbocycles. The third kappa shape index (κ3) is 5.33. The third-order valence-electron chi connectivity index (χ3n) is 4.06. The van der Waals surface area contributed by atoms with Crippen LogP contribution < -0.4 is 10.6 Å². The van der Waals surface area contributed by atoms with E-state index in [-0.39, 0.29) is 5.41 Å². The lowest BCUT2D eigenvalue weighted by molar-refractivity contribution is 0.225. The van der Waals surface area contributed by atoms with Crippen LogP contribution in [0.1, 0.15) is 45.3 Å². The van der Waals surface area contributed by atoms with Crippen molar-refractivity contribution >= 4 is 5.96 Å². The van der Waals surface area contributed by atoms with E-state index in [2.05, 4.69) is 58.0 Å². The van der Waals surface area contributed by atoms with Gasteiger partial charge in [0.05, 0.1) is 6.54 Å². The summed E-state index contributed by atoms with van der Waals surface area (Å²) in [4.78, 5) is 11.1. The highest BCUT2D eigenvalue weighted by molar-refractivity contribution is 5.79. The molecule has 1 fully saturated rings. The Morgan fingerprint density at radius 1 is 1.42 bits per heavy atom. The third-order valence-corrected chi connectivity index (χ3v) is 4.06. The summed E-state index contributed by atoms with van der Waals surface area (Å²) in [7, 11) is 1.78. The largest absolute Gasteiger partial charge is 0.354 e. The maximum absolute atomic E-state index is 5.30. The van der Waals surface area contributed by atoms with E-state index in [1.54, 1.807) is 7.05 Å². The fourth-order valence-corrected chi connectivity index (χ4v) is 2.62. The minimum atomic E-state index is -0.134. The number of aromatic nitrogens is 2. The number of hydrogen-bond acceptors (Lipinski definition) is 5. The molecule has 0 unspecified atom stereocenters.